The summed E-state index contributed by atoms with van der Waals surface area (Å²) < 4.78 is 10.9. The predicted octanol–water partition coefficient (Wildman–Crippen LogP) is 4.60. The Bertz CT molecular complexity index is 499. The highest BCUT2D eigenvalue weighted by atomic mass is 16.6. The molecule has 1 amide bonds. The number of allylic oxidation sites excluding steroid dienone is 1. The van der Waals surface area contributed by atoms with Crippen LogP contribution < -0.4 is 5.32 Å². The standard InChI is InChI=1S/C20H35NO4/c1-13(2)10-9-11-14-12-15(14)24-18(23)21-16(19(3,4)5)17(22)25-20(6,7)8/h14-16H,1,9-12H2,2-8H3,(H,21,23)/t14-,15?,16-/m1/s1. The zero-order chi connectivity index (χ0) is 19.4. The van der Waals surface area contributed by atoms with Gasteiger partial charge >= 0.3 is 12.1 Å². The fraction of sp³-hybridized carbons (Fsp3) is 0.800. The summed E-state index contributed by atoms with van der Waals surface area (Å²) in [4.78, 5) is 24.6. The van der Waals surface area contributed by atoms with Crippen LogP contribution in [0.3, 0.4) is 0 Å². The van der Waals surface area contributed by atoms with E-state index in [0.717, 1.165) is 25.7 Å². The number of alkyl carbamates (subject to hydrolysis) is 1. The molecule has 1 fully saturated rings. The van der Waals surface area contributed by atoms with Gasteiger partial charge in [0.25, 0.3) is 0 Å². The molecule has 0 saturated heterocycles. The molecule has 0 heterocycles. The fourth-order valence-corrected chi connectivity index (χ4v) is 2.61. The molecule has 3 atom stereocenters. The minimum Gasteiger partial charge on any atom is -0.458 e. The molecule has 0 aromatic rings. The largest absolute Gasteiger partial charge is 0.458 e. The summed E-state index contributed by atoms with van der Waals surface area (Å²) >= 11 is 0. The fourth-order valence-electron chi connectivity index (χ4n) is 2.61. The van der Waals surface area contributed by atoms with Crippen molar-refractivity contribution in [2.45, 2.75) is 91.9 Å². The van der Waals surface area contributed by atoms with Crippen molar-refractivity contribution in [3.8, 4) is 0 Å². The number of ether oxygens (including phenoxy) is 2. The van der Waals surface area contributed by atoms with Gasteiger partial charge in [-0.3, -0.25) is 0 Å². The number of hydrogen-bond donors (Lipinski definition) is 1. The third kappa shape index (κ3) is 8.41. The first-order chi connectivity index (χ1) is 11.3. The lowest BCUT2D eigenvalue weighted by molar-refractivity contribution is -0.160. The molecule has 1 saturated carbocycles. The van der Waals surface area contributed by atoms with Gasteiger partial charge in [-0.05, 0) is 64.7 Å². The molecule has 0 bridgehead atoms. The molecule has 1 N–H and O–H groups in total. The number of hydrogen-bond acceptors (Lipinski definition) is 4. The Balaban J connectivity index is 2.49. The number of carbonyl (C=O) groups excluding carboxylic acids is 2. The van der Waals surface area contributed by atoms with Gasteiger partial charge in [-0.15, -0.1) is 6.58 Å². The highest BCUT2D eigenvalue weighted by Gasteiger charge is 2.42. The zero-order valence-electron chi connectivity index (χ0n) is 16.9. The first kappa shape index (κ1) is 21.5. The van der Waals surface area contributed by atoms with Crippen molar-refractivity contribution < 1.29 is 19.1 Å². The monoisotopic (exact) mass is 353 g/mol. The number of esters is 1. The molecule has 0 aromatic carbocycles. The minimum atomic E-state index is -0.750. The van der Waals surface area contributed by atoms with Gasteiger partial charge in [0.15, 0.2) is 0 Å². The summed E-state index contributed by atoms with van der Waals surface area (Å²) in [6.45, 7) is 17.0. The highest BCUT2D eigenvalue weighted by molar-refractivity contribution is 5.82. The van der Waals surface area contributed by atoms with E-state index < -0.39 is 29.1 Å². The van der Waals surface area contributed by atoms with E-state index in [0.29, 0.717) is 5.92 Å². The molecule has 0 radical (unpaired) electrons. The van der Waals surface area contributed by atoms with Crippen molar-refractivity contribution in [3.63, 3.8) is 0 Å². The summed E-state index contributed by atoms with van der Waals surface area (Å²) in [6, 6.07) is -0.750. The summed E-state index contributed by atoms with van der Waals surface area (Å²) in [5.74, 6) is -0.00883. The number of carbonyl (C=O) groups is 2. The molecular weight excluding hydrogens is 318 g/mol. The van der Waals surface area contributed by atoms with Crippen LogP contribution in [0.25, 0.3) is 0 Å². The molecule has 1 unspecified atom stereocenters. The van der Waals surface area contributed by atoms with Crippen molar-refractivity contribution in [3.05, 3.63) is 12.2 Å². The molecule has 5 heteroatoms. The van der Waals surface area contributed by atoms with E-state index >= 15 is 0 Å². The van der Waals surface area contributed by atoms with Crippen LogP contribution in [0.2, 0.25) is 0 Å². The van der Waals surface area contributed by atoms with Gasteiger partial charge in [-0.1, -0.05) is 26.3 Å². The Labute approximate surface area is 152 Å². The molecule has 144 valence electrons. The van der Waals surface area contributed by atoms with E-state index in [-0.39, 0.29) is 6.10 Å². The van der Waals surface area contributed by atoms with Crippen LogP contribution in [0, 0.1) is 11.3 Å². The molecule has 5 nitrogen and oxygen atoms in total. The van der Waals surface area contributed by atoms with E-state index in [4.69, 9.17) is 9.47 Å². The van der Waals surface area contributed by atoms with Crippen LogP contribution in [0.1, 0.15) is 74.1 Å². The molecule has 1 rings (SSSR count). The van der Waals surface area contributed by atoms with Gasteiger partial charge in [0.2, 0.25) is 0 Å². The molecule has 0 aromatic heterocycles. The van der Waals surface area contributed by atoms with Crippen LogP contribution >= 0.6 is 0 Å². The molecule has 1 aliphatic carbocycles. The number of nitrogens with one attached hydrogen (secondary N) is 1. The molecule has 0 aliphatic heterocycles. The predicted molar refractivity (Wildman–Crippen MR) is 99.3 cm³/mol. The molecule has 25 heavy (non-hydrogen) atoms. The Kier molecular flexibility index (Phi) is 7.09. The summed E-state index contributed by atoms with van der Waals surface area (Å²) in [5, 5.41) is 2.70. The van der Waals surface area contributed by atoms with Crippen LogP contribution in [0.4, 0.5) is 4.79 Å². The normalized spacial score (nSPS) is 21.2. The lowest BCUT2D eigenvalue weighted by atomic mass is 9.86. The van der Waals surface area contributed by atoms with Gasteiger partial charge in [-0.25, -0.2) is 9.59 Å². The van der Waals surface area contributed by atoms with E-state index in [9.17, 15) is 9.59 Å². The number of rotatable bonds is 7. The van der Waals surface area contributed by atoms with E-state index in [1.165, 1.54) is 5.57 Å². The van der Waals surface area contributed by atoms with Gasteiger partial charge in [0.1, 0.15) is 17.7 Å². The van der Waals surface area contributed by atoms with Crippen LogP contribution in [-0.4, -0.2) is 29.8 Å². The average Bonchev–Trinajstić information content (AvgIpc) is 3.10. The Morgan fingerprint density at radius 3 is 2.28 bits per heavy atom. The summed E-state index contributed by atoms with van der Waals surface area (Å²) in [7, 11) is 0. The number of amides is 1. The van der Waals surface area contributed by atoms with Gasteiger partial charge in [0, 0.05) is 0 Å². The van der Waals surface area contributed by atoms with Crippen molar-refractivity contribution in [2.24, 2.45) is 11.3 Å². The minimum absolute atomic E-state index is 0.0376. The third-order valence-corrected chi connectivity index (χ3v) is 4.07. The zero-order valence-corrected chi connectivity index (χ0v) is 16.9. The quantitative estimate of drug-likeness (QED) is 0.536. The SMILES string of the molecule is C=C(C)CCC[C@@H]1CC1OC(=O)N[C@H](C(=O)OC(C)(C)C)C(C)(C)C. The lowest BCUT2D eigenvalue weighted by Gasteiger charge is -2.32. The first-order valence-electron chi connectivity index (χ1n) is 9.14. The average molecular weight is 354 g/mol. The second kappa shape index (κ2) is 8.24. The highest BCUT2D eigenvalue weighted by Crippen LogP contribution is 2.38. The van der Waals surface area contributed by atoms with E-state index in [1.807, 2.05) is 48.5 Å². The van der Waals surface area contributed by atoms with Gasteiger partial charge < -0.3 is 14.8 Å². The second-order valence-corrected chi connectivity index (χ2v) is 9.27. The summed E-state index contributed by atoms with van der Waals surface area (Å²) in [5.41, 5.74) is 0.115. The topological polar surface area (TPSA) is 64.6 Å². The van der Waals surface area contributed by atoms with Crippen LogP contribution in [0.15, 0.2) is 12.2 Å². The lowest BCUT2D eigenvalue weighted by Crippen LogP contribution is -2.51. The summed E-state index contributed by atoms with van der Waals surface area (Å²) in [6.07, 6.45) is 3.45. The maximum absolute atomic E-state index is 12.4. The van der Waals surface area contributed by atoms with E-state index in [2.05, 4.69) is 11.9 Å². The molecule has 0 spiro atoms. The molecular formula is C20H35NO4. The smallest absolute Gasteiger partial charge is 0.408 e. The van der Waals surface area contributed by atoms with Crippen molar-refractivity contribution in [2.75, 3.05) is 0 Å². The van der Waals surface area contributed by atoms with Crippen LogP contribution in [-0.2, 0) is 14.3 Å². The van der Waals surface area contributed by atoms with Crippen LogP contribution in [0.5, 0.6) is 0 Å². The maximum atomic E-state index is 12.4. The third-order valence-electron chi connectivity index (χ3n) is 4.07. The maximum Gasteiger partial charge on any atom is 0.408 e. The Morgan fingerprint density at radius 2 is 1.80 bits per heavy atom. The van der Waals surface area contributed by atoms with Crippen molar-refractivity contribution in [1.29, 1.82) is 0 Å². The van der Waals surface area contributed by atoms with Gasteiger partial charge in [-0.2, -0.15) is 0 Å². The van der Waals surface area contributed by atoms with Gasteiger partial charge in [0.05, 0.1) is 0 Å². The Hall–Kier alpha value is -1.52. The molecule has 1 aliphatic rings. The Morgan fingerprint density at radius 1 is 1.20 bits per heavy atom. The van der Waals surface area contributed by atoms with Crippen molar-refractivity contribution >= 4 is 12.1 Å². The van der Waals surface area contributed by atoms with Crippen molar-refractivity contribution in [1.82, 2.24) is 5.32 Å². The first-order valence-corrected chi connectivity index (χ1v) is 9.14. The van der Waals surface area contributed by atoms with E-state index in [1.54, 1.807) is 0 Å². The second-order valence-electron chi connectivity index (χ2n) is 9.27.